The van der Waals surface area contributed by atoms with Crippen LogP contribution >= 0.6 is 11.6 Å². The van der Waals surface area contributed by atoms with Gasteiger partial charge in [-0.25, -0.2) is 0 Å². The zero-order valence-electron chi connectivity index (χ0n) is 12.1. The molecule has 4 nitrogen and oxygen atoms in total. The second-order valence-electron chi connectivity index (χ2n) is 4.87. The van der Waals surface area contributed by atoms with Crippen molar-refractivity contribution in [3.63, 3.8) is 0 Å². The third kappa shape index (κ3) is 6.26. The quantitative estimate of drug-likeness (QED) is 0.803. The fraction of sp³-hybridized carbons (Fsp3) is 0.533. The molecule has 2 N–H and O–H groups in total. The highest BCUT2D eigenvalue weighted by Crippen LogP contribution is 2.16. The predicted octanol–water partition coefficient (Wildman–Crippen LogP) is 2.69. The standard InChI is InChI=1S/C15H23ClN2O2/c1-3-5-13(17)11-15(19)18(2)8-9-20-14-7-4-6-12(16)10-14/h4,6-7,10,13H,3,5,8-9,11,17H2,1-2H3. The maximum Gasteiger partial charge on any atom is 0.223 e. The molecule has 1 aromatic rings. The van der Waals surface area contributed by atoms with E-state index in [-0.39, 0.29) is 11.9 Å². The van der Waals surface area contributed by atoms with Gasteiger partial charge in [0.15, 0.2) is 0 Å². The summed E-state index contributed by atoms with van der Waals surface area (Å²) in [7, 11) is 1.77. The molecule has 0 radical (unpaired) electrons. The first-order valence-electron chi connectivity index (χ1n) is 6.90. The van der Waals surface area contributed by atoms with Crippen LogP contribution in [0.25, 0.3) is 0 Å². The predicted molar refractivity (Wildman–Crippen MR) is 82.1 cm³/mol. The fourth-order valence-electron chi connectivity index (χ4n) is 1.83. The Labute approximate surface area is 125 Å². The van der Waals surface area contributed by atoms with E-state index in [9.17, 15) is 4.79 Å². The molecule has 112 valence electrons. The SMILES string of the molecule is CCCC(N)CC(=O)N(C)CCOc1cccc(Cl)c1. The van der Waals surface area contributed by atoms with E-state index in [1.807, 2.05) is 12.1 Å². The summed E-state index contributed by atoms with van der Waals surface area (Å²) in [4.78, 5) is 13.5. The molecule has 0 saturated heterocycles. The number of ether oxygens (including phenoxy) is 1. The summed E-state index contributed by atoms with van der Waals surface area (Å²) in [5.41, 5.74) is 5.87. The third-order valence-corrected chi connectivity index (χ3v) is 3.25. The molecule has 0 fully saturated rings. The first-order valence-corrected chi connectivity index (χ1v) is 7.28. The van der Waals surface area contributed by atoms with Crippen LogP contribution in [0.5, 0.6) is 5.75 Å². The van der Waals surface area contributed by atoms with Crippen LogP contribution in [0.2, 0.25) is 5.02 Å². The van der Waals surface area contributed by atoms with Crippen LogP contribution in [0.1, 0.15) is 26.2 Å². The van der Waals surface area contributed by atoms with Gasteiger partial charge in [0.1, 0.15) is 12.4 Å². The van der Waals surface area contributed by atoms with Crippen molar-refractivity contribution < 1.29 is 9.53 Å². The van der Waals surface area contributed by atoms with Crippen LogP contribution in [0.15, 0.2) is 24.3 Å². The molecule has 0 aliphatic heterocycles. The van der Waals surface area contributed by atoms with E-state index in [2.05, 4.69) is 6.92 Å². The highest BCUT2D eigenvalue weighted by Gasteiger charge is 2.13. The average Bonchev–Trinajstić information content (AvgIpc) is 2.38. The van der Waals surface area contributed by atoms with E-state index >= 15 is 0 Å². The number of carbonyl (C=O) groups is 1. The van der Waals surface area contributed by atoms with Crippen LogP contribution in [-0.4, -0.2) is 37.0 Å². The van der Waals surface area contributed by atoms with Crippen molar-refractivity contribution in [1.82, 2.24) is 4.90 Å². The number of nitrogens with zero attached hydrogens (tertiary/aromatic N) is 1. The minimum atomic E-state index is -0.0520. The van der Waals surface area contributed by atoms with Gasteiger partial charge in [0.2, 0.25) is 5.91 Å². The summed E-state index contributed by atoms with van der Waals surface area (Å²) < 4.78 is 5.55. The van der Waals surface area contributed by atoms with Crippen molar-refractivity contribution >= 4 is 17.5 Å². The minimum absolute atomic E-state index is 0.0520. The molecule has 1 rings (SSSR count). The highest BCUT2D eigenvalue weighted by atomic mass is 35.5. The number of benzene rings is 1. The molecule has 0 spiro atoms. The number of rotatable bonds is 8. The molecular weight excluding hydrogens is 276 g/mol. The number of carbonyl (C=O) groups excluding carboxylic acids is 1. The molecule has 0 aromatic heterocycles. The van der Waals surface area contributed by atoms with Crippen molar-refractivity contribution in [3.8, 4) is 5.75 Å². The van der Waals surface area contributed by atoms with Crippen LogP contribution in [0.3, 0.4) is 0 Å². The van der Waals surface area contributed by atoms with E-state index in [0.717, 1.165) is 12.8 Å². The van der Waals surface area contributed by atoms with Crippen molar-refractivity contribution in [1.29, 1.82) is 0 Å². The lowest BCUT2D eigenvalue weighted by Crippen LogP contribution is -2.35. The normalized spacial score (nSPS) is 12.0. The summed E-state index contributed by atoms with van der Waals surface area (Å²) in [5, 5.41) is 0.637. The Morgan fingerprint density at radius 2 is 2.25 bits per heavy atom. The van der Waals surface area contributed by atoms with E-state index in [0.29, 0.717) is 30.3 Å². The van der Waals surface area contributed by atoms with Gasteiger partial charge in [0.25, 0.3) is 0 Å². The van der Waals surface area contributed by atoms with E-state index in [4.69, 9.17) is 22.1 Å². The minimum Gasteiger partial charge on any atom is -0.492 e. The van der Waals surface area contributed by atoms with Gasteiger partial charge in [-0.05, 0) is 24.6 Å². The summed E-state index contributed by atoms with van der Waals surface area (Å²) in [6.07, 6.45) is 2.26. The third-order valence-electron chi connectivity index (χ3n) is 3.01. The number of nitrogens with two attached hydrogens (primary N) is 1. The molecule has 0 aliphatic carbocycles. The molecule has 5 heteroatoms. The largest absolute Gasteiger partial charge is 0.492 e. The van der Waals surface area contributed by atoms with Gasteiger partial charge in [0.05, 0.1) is 6.54 Å². The summed E-state index contributed by atoms with van der Waals surface area (Å²) in [5.74, 6) is 0.765. The topological polar surface area (TPSA) is 55.6 Å². The van der Waals surface area contributed by atoms with Gasteiger partial charge < -0.3 is 15.4 Å². The zero-order valence-corrected chi connectivity index (χ0v) is 12.9. The Morgan fingerprint density at radius 3 is 2.90 bits per heavy atom. The van der Waals surface area contributed by atoms with Crippen LogP contribution in [0.4, 0.5) is 0 Å². The van der Waals surface area contributed by atoms with Gasteiger partial charge in [-0.2, -0.15) is 0 Å². The van der Waals surface area contributed by atoms with Gasteiger partial charge in [0, 0.05) is 24.5 Å². The fourth-order valence-corrected chi connectivity index (χ4v) is 2.02. The number of hydrogen-bond acceptors (Lipinski definition) is 3. The second kappa shape index (κ2) is 8.82. The van der Waals surface area contributed by atoms with Crippen molar-refractivity contribution in [2.45, 2.75) is 32.2 Å². The lowest BCUT2D eigenvalue weighted by Gasteiger charge is -2.19. The van der Waals surface area contributed by atoms with Crippen molar-refractivity contribution in [3.05, 3.63) is 29.3 Å². The molecule has 0 heterocycles. The Kier molecular flexibility index (Phi) is 7.41. The number of amides is 1. The molecule has 1 unspecified atom stereocenters. The highest BCUT2D eigenvalue weighted by molar-refractivity contribution is 6.30. The summed E-state index contributed by atoms with van der Waals surface area (Å²) >= 11 is 5.87. The maximum absolute atomic E-state index is 11.9. The zero-order chi connectivity index (χ0) is 15.0. The average molecular weight is 299 g/mol. The van der Waals surface area contributed by atoms with Crippen LogP contribution in [0, 0.1) is 0 Å². The van der Waals surface area contributed by atoms with Crippen LogP contribution < -0.4 is 10.5 Å². The summed E-state index contributed by atoms with van der Waals surface area (Å²) in [6.45, 7) is 3.03. The number of halogens is 1. The van der Waals surface area contributed by atoms with Crippen LogP contribution in [-0.2, 0) is 4.79 Å². The lowest BCUT2D eigenvalue weighted by molar-refractivity contribution is -0.130. The van der Waals surface area contributed by atoms with Gasteiger partial charge in [-0.3, -0.25) is 4.79 Å². The smallest absolute Gasteiger partial charge is 0.223 e. The van der Waals surface area contributed by atoms with Gasteiger partial charge in [-0.1, -0.05) is 31.0 Å². The lowest BCUT2D eigenvalue weighted by atomic mass is 10.1. The summed E-state index contributed by atoms with van der Waals surface area (Å²) in [6, 6.07) is 7.16. The monoisotopic (exact) mass is 298 g/mol. The van der Waals surface area contributed by atoms with E-state index in [1.54, 1.807) is 24.1 Å². The molecule has 1 aromatic carbocycles. The second-order valence-corrected chi connectivity index (χ2v) is 5.31. The molecule has 1 amide bonds. The Hall–Kier alpha value is -1.26. The maximum atomic E-state index is 11.9. The van der Waals surface area contributed by atoms with Crippen molar-refractivity contribution in [2.75, 3.05) is 20.2 Å². The Bertz CT molecular complexity index is 426. The van der Waals surface area contributed by atoms with E-state index in [1.165, 1.54) is 0 Å². The molecule has 1 atom stereocenters. The van der Waals surface area contributed by atoms with Crippen molar-refractivity contribution in [2.24, 2.45) is 5.73 Å². The van der Waals surface area contributed by atoms with Gasteiger partial charge >= 0.3 is 0 Å². The molecule has 0 bridgehead atoms. The first kappa shape index (κ1) is 16.8. The molecule has 0 aliphatic rings. The Morgan fingerprint density at radius 1 is 1.50 bits per heavy atom. The van der Waals surface area contributed by atoms with Gasteiger partial charge in [-0.15, -0.1) is 0 Å². The molecular formula is C15H23ClN2O2. The molecule has 20 heavy (non-hydrogen) atoms. The first-order chi connectivity index (χ1) is 9.52. The molecule has 0 saturated carbocycles. The Balaban J connectivity index is 2.28. The number of hydrogen-bond donors (Lipinski definition) is 1. The van der Waals surface area contributed by atoms with E-state index < -0.39 is 0 Å². The number of likely N-dealkylation sites (N-methyl/N-ethyl adjacent to an activating group) is 1.